The van der Waals surface area contributed by atoms with Crippen molar-refractivity contribution in [1.82, 2.24) is 5.32 Å². The van der Waals surface area contributed by atoms with Crippen molar-refractivity contribution >= 4 is 29.3 Å². The highest BCUT2D eigenvalue weighted by molar-refractivity contribution is 6.07. The third kappa shape index (κ3) is 4.39. The van der Waals surface area contributed by atoms with Crippen LogP contribution in [0, 0.1) is 6.92 Å². The fraction of sp³-hybridized carbons (Fsp3) is 0.154. The van der Waals surface area contributed by atoms with E-state index >= 15 is 0 Å². The number of anilines is 2. The van der Waals surface area contributed by atoms with Crippen molar-refractivity contribution in [2.75, 3.05) is 23.8 Å². The summed E-state index contributed by atoms with van der Waals surface area (Å²) < 4.78 is 11.1. The van der Waals surface area contributed by atoms with Crippen LogP contribution in [0.3, 0.4) is 0 Å². The minimum absolute atomic E-state index is 0.205. The van der Waals surface area contributed by atoms with Crippen LogP contribution in [0.5, 0.6) is 11.5 Å². The molecule has 166 valence electrons. The molecule has 0 saturated heterocycles. The lowest BCUT2D eigenvalue weighted by Crippen LogP contribution is -2.17. The van der Waals surface area contributed by atoms with E-state index in [1.165, 1.54) is 0 Å². The number of nitrogens with one attached hydrogen (secondary N) is 3. The molecule has 0 spiro atoms. The largest absolute Gasteiger partial charge is 0.486 e. The molecule has 2 heterocycles. The van der Waals surface area contributed by atoms with Crippen LogP contribution in [-0.4, -0.2) is 25.0 Å². The fourth-order valence-corrected chi connectivity index (χ4v) is 3.79. The third-order valence-corrected chi connectivity index (χ3v) is 5.63. The number of fused-ring (bicyclic) bond motifs is 2. The fourth-order valence-electron chi connectivity index (χ4n) is 3.79. The Kier molecular flexibility index (Phi) is 5.44. The molecule has 0 aromatic heterocycles. The summed E-state index contributed by atoms with van der Waals surface area (Å²) in [5.41, 5.74) is 5.31. The smallest absolute Gasteiger partial charge is 0.255 e. The summed E-state index contributed by atoms with van der Waals surface area (Å²) in [5.74, 6) is 0.708. The summed E-state index contributed by atoms with van der Waals surface area (Å²) in [4.78, 5) is 25.6. The highest BCUT2D eigenvalue weighted by atomic mass is 16.6. The van der Waals surface area contributed by atoms with E-state index in [-0.39, 0.29) is 11.8 Å². The molecule has 2 aliphatic rings. The molecule has 3 aromatic carbocycles. The molecule has 0 saturated carbocycles. The van der Waals surface area contributed by atoms with Gasteiger partial charge in [0.1, 0.15) is 13.2 Å². The van der Waals surface area contributed by atoms with Gasteiger partial charge < -0.3 is 25.4 Å². The van der Waals surface area contributed by atoms with Gasteiger partial charge in [-0.15, -0.1) is 0 Å². The zero-order valence-electron chi connectivity index (χ0n) is 18.1. The van der Waals surface area contributed by atoms with Crippen LogP contribution < -0.4 is 25.4 Å². The van der Waals surface area contributed by atoms with E-state index in [0.29, 0.717) is 47.2 Å². The Bertz CT molecular complexity index is 1280. The van der Waals surface area contributed by atoms with Gasteiger partial charge in [0.05, 0.1) is 0 Å². The van der Waals surface area contributed by atoms with Crippen LogP contribution in [-0.2, 0) is 6.54 Å². The van der Waals surface area contributed by atoms with Gasteiger partial charge in [-0.2, -0.15) is 0 Å². The van der Waals surface area contributed by atoms with Crippen LogP contribution in [0.15, 0.2) is 60.8 Å². The predicted octanol–water partition coefficient (Wildman–Crippen LogP) is 4.34. The maximum absolute atomic E-state index is 12.9. The molecule has 7 nitrogen and oxygen atoms in total. The zero-order valence-corrected chi connectivity index (χ0v) is 18.1. The van der Waals surface area contributed by atoms with Crippen molar-refractivity contribution in [3.63, 3.8) is 0 Å². The number of benzene rings is 3. The topological polar surface area (TPSA) is 88.7 Å². The molecular formula is C26H23N3O4. The Morgan fingerprint density at radius 2 is 1.61 bits per heavy atom. The van der Waals surface area contributed by atoms with E-state index in [9.17, 15) is 9.59 Å². The molecule has 7 heteroatoms. The summed E-state index contributed by atoms with van der Waals surface area (Å²) in [5, 5.41) is 9.00. The average Bonchev–Trinajstić information content (AvgIpc) is 2.85. The van der Waals surface area contributed by atoms with Crippen molar-refractivity contribution in [2.24, 2.45) is 0 Å². The lowest BCUT2D eigenvalue weighted by Gasteiger charge is -2.18. The first-order valence-electron chi connectivity index (χ1n) is 10.7. The Labute approximate surface area is 191 Å². The third-order valence-electron chi connectivity index (χ3n) is 5.63. The first-order chi connectivity index (χ1) is 16.1. The standard InChI is InChI=1S/C26H23N3O4/c1-16-2-6-21(28-25(30)19-5-7-23-24(13-19)33-11-10-32-23)14-22(16)29-26(31)18-3-4-20-15-27-9-8-17(20)12-18/h2-9,12-14,27H,10-11,15H2,1H3,(H,28,30)(H,29,31). The Balaban J connectivity index is 1.31. The number of rotatable bonds is 4. The van der Waals surface area contributed by atoms with Gasteiger partial charge in [0.25, 0.3) is 11.8 Å². The number of amides is 2. The van der Waals surface area contributed by atoms with E-state index in [1.807, 2.05) is 43.5 Å². The second-order valence-electron chi connectivity index (χ2n) is 7.92. The summed E-state index contributed by atoms with van der Waals surface area (Å²) in [6, 6.07) is 16.2. The highest BCUT2D eigenvalue weighted by Crippen LogP contribution is 2.31. The molecule has 33 heavy (non-hydrogen) atoms. The molecule has 0 bridgehead atoms. The molecule has 0 aliphatic carbocycles. The minimum Gasteiger partial charge on any atom is -0.486 e. The molecular weight excluding hydrogens is 418 g/mol. The molecule has 0 radical (unpaired) electrons. The Morgan fingerprint density at radius 1 is 0.848 bits per heavy atom. The molecule has 3 aromatic rings. The first kappa shape index (κ1) is 20.6. The number of ether oxygens (including phenoxy) is 2. The van der Waals surface area contributed by atoms with Crippen molar-refractivity contribution in [3.8, 4) is 11.5 Å². The normalized spacial score (nSPS) is 13.5. The van der Waals surface area contributed by atoms with Gasteiger partial charge in [0.2, 0.25) is 0 Å². The molecule has 0 fully saturated rings. The molecule has 0 unspecified atom stereocenters. The highest BCUT2D eigenvalue weighted by Gasteiger charge is 2.16. The van der Waals surface area contributed by atoms with Crippen LogP contribution in [0.25, 0.3) is 6.08 Å². The number of hydrogen-bond acceptors (Lipinski definition) is 5. The van der Waals surface area contributed by atoms with Crippen LogP contribution in [0.4, 0.5) is 11.4 Å². The van der Waals surface area contributed by atoms with Gasteiger partial charge in [-0.3, -0.25) is 9.59 Å². The Morgan fingerprint density at radius 3 is 2.48 bits per heavy atom. The van der Waals surface area contributed by atoms with E-state index in [1.54, 1.807) is 30.3 Å². The summed E-state index contributed by atoms with van der Waals surface area (Å²) in [6.45, 7) is 3.60. The van der Waals surface area contributed by atoms with Gasteiger partial charge >= 0.3 is 0 Å². The van der Waals surface area contributed by atoms with Crippen molar-refractivity contribution < 1.29 is 19.1 Å². The average molecular weight is 441 g/mol. The quantitative estimate of drug-likeness (QED) is 0.560. The van der Waals surface area contributed by atoms with Gasteiger partial charge in [0, 0.05) is 29.0 Å². The number of hydrogen-bond donors (Lipinski definition) is 3. The molecule has 2 amide bonds. The zero-order chi connectivity index (χ0) is 22.8. The van der Waals surface area contributed by atoms with Crippen molar-refractivity contribution in [1.29, 1.82) is 0 Å². The first-order valence-corrected chi connectivity index (χ1v) is 10.7. The summed E-state index contributed by atoms with van der Waals surface area (Å²) in [6.07, 6.45) is 3.83. The molecule has 2 aliphatic heterocycles. The van der Waals surface area contributed by atoms with E-state index in [0.717, 1.165) is 23.2 Å². The van der Waals surface area contributed by atoms with Crippen molar-refractivity contribution in [3.05, 3.63) is 88.6 Å². The van der Waals surface area contributed by atoms with Crippen LogP contribution >= 0.6 is 0 Å². The molecule has 0 atom stereocenters. The van der Waals surface area contributed by atoms with E-state index in [2.05, 4.69) is 16.0 Å². The maximum atomic E-state index is 12.9. The van der Waals surface area contributed by atoms with E-state index < -0.39 is 0 Å². The monoisotopic (exact) mass is 441 g/mol. The van der Waals surface area contributed by atoms with Crippen molar-refractivity contribution in [2.45, 2.75) is 13.5 Å². The summed E-state index contributed by atoms with van der Waals surface area (Å²) >= 11 is 0. The van der Waals surface area contributed by atoms with Crippen LogP contribution in [0.1, 0.15) is 37.4 Å². The Hall–Kier alpha value is -4.26. The second-order valence-corrected chi connectivity index (χ2v) is 7.92. The van der Waals surface area contributed by atoms with Crippen LogP contribution in [0.2, 0.25) is 0 Å². The second kappa shape index (κ2) is 8.70. The summed E-state index contributed by atoms with van der Waals surface area (Å²) in [7, 11) is 0. The van der Waals surface area contributed by atoms with Gasteiger partial charge in [-0.1, -0.05) is 12.1 Å². The SMILES string of the molecule is Cc1ccc(NC(=O)c2ccc3c(c2)OCCO3)cc1NC(=O)c1ccc2c(c1)C=CNC2. The number of carbonyl (C=O) groups excluding carboxylic acids is 2. The molecule has 3 N–H and O–H groups in total. The maximum Gasteiger partial charge on any atom is 0.255 e. The number of aryl methyl sites for hydroxylation is 1. The molecule has 5 rings (SSSR count). The van der Waals surface area contributed by atoms with Gasteiger partial charge in [-0.05, 0) is 78.4 Å². The van der Waals surface area contributed by atoms with Gasteiger partial charge in [0.15, 0.2) is 11.5 Å². The number of carbonyl (C=O) groups is 2. The lowest BCUT2D eigenvalue weighted by atomic mass is 10.0. The minimum atomic E-state index is -0.275. The van der Waals surface area contributed by atoms with E-state index in [4.69, 9.17) is 9.47 Å². The van der Waals surface area contributed by atoms with Gasteiger partial charge in [-0.25, -0.2) is 0 Å². The predicted molar refractivity (Wildman–Crippen MR) is 127 cm³/mol. The lowest BCUT2D eigenvalue weighted by molar-refractivity contribution is 0.101.